The molecule has 2 rings (SSSR count). The molecule has 0 aromatic heterocycles. The average molecular weight is 582 g/mol. The molecule has 6 nitrogen and oxygen atoms in total. The van der Waals surface area contributed by atoms with Gasteiger partial charge in [0.05, 0.1) is 0 Å². The van der Waals surface area contributed by atoms with E-state index in [-0.39, 0.29) is 15.9 Å². The minimum atomic E-state index is -2.59. The number of halogens is 2. The van der Waals surface area contributed by atoms with E-state index in [1.165, 1.54) is 0 Å². The molecule has 0 bridgehead atoms. The van der Waals surface area contributed by atoms with E-state index in [1.54, 1.807) is 42.7 Å². The van der Waals surface area contributed by atoms with Crippen LogP contribution in [-0.4, -0.2) is 42.7 Å². The Morgan fingerprint density at radius 2 is 0.724 bits per heavy atom. The molecule has 0 saturated heterocycles. The minimum absolute atomic E-state index is 0.106. The van der Waals surface area contributed by atoms with Gasteiger partial charge in [0.1, 0.15) is 0 Å². The van der Waals surface area contributed by atoms with Gasteiger partial charge in [-0.3, -0.25) is 0 Å². The van der Waals surface area contributed by atoms with E-state index < -0.39 is 15.9 Å². The predicted octanol–water partition coefficient (Wildman–Crippen LogP) is 4.87. The van der Waals surface area contributed by atoms with Crippen LogP contribution in [0.2, 0.25) is 0 Å². The van der Waals surface area contributed by atoms with Crippen LogP contribution < -0.4 is 10.6 Å². The van der Waals surface area contributed by atoms with Crippen LogP contribution in [0.25, 0.3) is 0 Å². The SMILES string of the molecule is CO[PH](OC)(OC)c1ccccc1.CO[PH](OC)(OC)c1ccccc1.[Cl][Pd][Cl]. The fourth-order valence-corrected chi connectivity index (χ4v) is 6.11. The van der Waals surface area contributed by atoms with Crippen LogP contribution in [0.4, 0.5) is 0 Å². The summed E-state index contributed by atoms with van der Waals surface area (Å²) in [6, 6.07) is 19.4. The first-order valence-electron chi connectivity index (χ1n) is 8.23. The third-order valence-electron chi connectivity index (χ3n) is 3.87. The van der Waals surface area contributed by atoms with Gasteiger partial charge in [0.2, 0.25) is 0 Å². The first-order valence-corrected chi connectivity index (χ1v) is 15.7. The van der Waals surface area contributed by atoms with Crippen molar-refractivity contribution in [2.75, 3.05) is 42.7 Å². The fraction of sp³-hybridized carbons (Fsp3) is 0.333. The van der Waals surface area contributed by atoms with Gasteiger partial charge < -0.3 is 0 Å². The maximum absolute atomic E-state index is 5.32. The van der Waals surface area contributed by atoms with Gasteiger partial charge in [-0.1, -0.05) is 0 Å². The molecule has 0 aliphatic rings. The van der Waals surface area contributed by atoms with E-state index in [4.69, 9.17) is 46.2 Å². The average Bonchev–Trinajstić information content (AvgIpc) is 2.80. The van der Waals surface area contributed by atoms with Gasteiger partial charge in [-0.15, -0.1) is 0 Å². The summed E-state index contributed by atoms with van der Waals surface area (Å²) in [7, 11) is 14.1. The summed E-state index contributed by atoms with van der Waals surface area (Å²) in [6.45, 7) is 0. The Morgan fingerprint density at radius 1 is 0.517 bits per heavy atom. The van der Waals surface area contributed by atoms with Crippen LogP contribution in [0.5, 0.6) is 0 Å². The Labute approximate surface area is 191 Å². The zero-order valence-corrected chi connectivity index (χ0v) is 22.4. The summed E-state index contributed by atoms with van der Waals surface area (Å²) in [5.74, 6) is 0. The molecule has 0 aliphatic carbocycles. The third kappa shape index (κ3) is 9.13. The summed E-state index contributed by atoms with van der Waals surface area (Å²) < 4.78 is 31.9. The molecule has 0 spiro atoms. The van der Waals surface area contributed by atoms with Crippen LogP contribution in [0.3, 0.4) is 0 Å². The number of hydrogen-bond donors (Lipinski definition) is 0. The van der Waals surface area contributed by atoms with Crippen LogP contribution in [0, 0.1) is 0 Å². The normalized spacial score (nSPS) is 12.3. The predicted molar refractivity (Wildman–Crippen MR) is 123 cm³/mol. The zero-order valence-electron chi connectivity index (χ0n) is 17.3. The fourth-order valence-electron chi connectivity index (χ4n) is 2.49. The van der Waals surface area contributed by atoms with Crippen molar-refractivity contribution in [3.8, 4) is 0 Å². The molecule has 2 aromatic carbocycles. The number of rotatable bonds is 8. The summed E-state index contributed by atoms with van der Waals surface area (Å²) in [5.41, 5.74) is 0. The number of hydrogen-bond acceptors (Lipinski definition) is 6. The Balaban J connectivity index is 0.000000477. The van der Waals surface area contributed by atoms with E-state index in [1.807, 2.05) is 60.7 Å². The molecule has 0 saturated carbocycles. The second kappa shape index (κ2) is 16.9. The molecular formula is C18H30Cl2O6P2Pd. The van der Waals surface area contributed by atoms with Crippen molar-refractivity contribution >= 4 is 45.6 Å². The molecule has 0 atom stereocenters. The quantitative estimate of drug-likeness (QED) is 0.328. The molecule has 0 unspecified atom stereocenters. The molecule has 0 heterocycles. The van der Waals surface area contributed by atoms with Crippen molar-refractivity contribution in [2.24, 2.45) is 0 Å². The van der Waals surface area contributed by atoms with E-state index >= 15 is 0 Å². The third-order valence-corrected chi connectivity index (χ3v) is 9.17. The van der Waals surface area contributed by atoms with Crippen molar-refractivity contribution in [3.05, 3.63) is 60.7 Å². The Hall–Kier alpha value is 0.302. The van der Waals surface area contributed by atoms with Gasteiger partial charge in [-0.2, -0.15) is 0 Å². The van der Waals surface area contributed by atoms with Crippen molar-refractivity contribution in [1.82, 2.24) is 0 Å². The van der Waals surface area contributed by atoms with E-state index in [9.17, 15) is 0 Å². The molecule has 0 radical (unpaired) electrons. The zero-order chi connectivity index (χ0) is 22.2. The van der Waals surface area contributed by atoms with E-state index in [0.29, 0.717) is 0 Å². The molecule has 2 aromatic rings. The maximum atomic E-state index is 5.32. The second-order valence-corrected chi connectivity index (χ2v) is 13.3. The summed E-state index contributed by atoms with van der Waals surface area (Å²) in [6.07, 6.45) is 0. The molecule has 0 aliphatic heterocycles. The molecular weight excluding hydrogens is 551 g/mol. The van der Waals surface area contributed by atoms with Crippen molar-refractivity contribution in [1.29, 1.82) is 0 Å². The molecule has 172 valence electrons. The Kier molecular flexibility index (Phi) is 17.1. The van der Waals surface area contributed by atoms with Gasteiger partial charge >= 0.3 is 192 Å². The molecule has 0 N–H and O–H groups in total. The standard InChI is InChI=1S/2C9H15O3P.2ClH.Pd/c2*1-10-13(11-2,12-3)9-7-5-4-6-8-9;;;/h2*4-8,13H,1-3H3;2*1H;/q;;;;+2/p-2. The van der Waals surface area contributed by atoms with Gasteiger partial charge in [0, 0.05) is 0 Å². The van der Waals surface area contributed by atoms with Gasteiger partial charge in [-0.05, 0) is 0 Å². The first-order chi connectivity index (χ1) is 14.0. The second-order valence-electron chi connectivity index (χ2n) is 5.11. The van der Waals surface area contributed by atoms with Crippen LogP contribution in [0.15, 0.2) is 60.7 Å². The van der Waals surface area contributed by atoms with Crippen LogP contribution in [-0.2, 0) is 43.1 Å². The summed E-state index contributed by atoms with van der Waals surface area (Å²) in [4.78, 5) is 0. The molecule has 0 amide bonds. The van der Waals surface area contributed by atoms with Gasteiger partial charge in [0.25, 0.3) is 0 Å². The van der Waals surface area contributed by atoms with Crippen molar-refractivity contribution in [2.45, 2.75) is 0 Å². The molecule has 0 fully saturated rings. The van der Waals surface area contributed by atoms with Crippen LogP contribution >= 0.6 is 34.9 Å². The topological polar surface area (TPSA) is 55.4 Å². The Morgan fingerprint density at radius 3 is 0.897 bits per heavy atom. The van der Waals surface area contributed by atoms with Crippen molar-refractivity contribution < 1.29 is 43.1 Å². The first kappa shape index (κ1) is 29.3. The monoisotopic (exact) mass is 580 g/mol. The van der Waals surface area contributed by atoms with Crippen LogP contribution in [0.1, 0.15) is 0 Å². The van der Waals surface area contributed by atoms with E-state index in [2.05, 4.69) is 0 Å². The van der Waals surface area contributed by atoms with Gasteiger partial charge in [0.15, 0.2) is 0 Å². The number of benzene rings is 2. The summed E-state index contributed by atoms with van der Waals surface area (Å²) in [5, 5.41) is 1.95. The van der Waals surface area contributed by atoms with E-state index in [0.717, 1.165) is 10.6 Å². The Bertz CT molecular complexity index is 563. The summed E-state index contributed by atoms with van der Waals surface area (Å²) >= 11 is -0.106. The van der Waals surface area contributed by atoms with Crippen molar-refractivity contribution in [3.63, 3.8) is 0 Å². The molecule has 11 heteroatoms. The molecule has 29 heavy (non-hydrogen) atoms. The van der Waals surface area contributed by atoms with Gasteiger partial charge in [-0.25, -0.2) is 0 Å².